The normalized spacial score (nSPS) is 24.2. The number of hydrogen-bond acceptors (Lipinski definition) is 5. The average Bonchev–Trinajstić information content (AvgIpc) is 3.18. The largest absolute Gasteiger partial charge is 0.497 e. The molecule has 8 nitrogen and oxygen atoms in total. The Kier molecular flexibility index (Phi) is 5.95. The van der Waals surface area contributed by atoms with E-state index in [0.717, 1.165) is 31.2 Å². The topological polar surface area (TPSA) is 82.2 Å². The number of nitrogens with zero attached hydrogens (tertiary/aromatic N) is 3. The second-order valence-electron chi connectivity index (χ2n) is 8.98. The number of nitrogens with one attached hydrogen (secondary N) is 1. The first-order valence-corrected chi connectivity index (χ1v) is 11.5. The number of urea groups is 1. The van der Waals surface area contributed by atoms with Crippen LogP contribution in [0.5, 0.6) is 5.75 Å². The van der Waals surface area contributed by atoms with Gasteiger partial charge < -0.3 is 9.64 Å². The van der Waals surface area contributed by atoms with Crippen LogP contribution in [-0.4, -0.2) is 58.5 Å². The van der Waals surface area contributed by atoms with Crippen LogP contribution in [0.4, 0.5) is 9.18 Å². The molecule has 0 spiro atoms. The molecule has 0 aromatic heterocycles. The SMILES string of the molecule is COc1cccc(C(=O)CN2NC3N(Cc4ccc(F)cc4)C(=O)C4CCCCC4N3C2=O)c1. The van der Waals surface area contributed by atoms with Crippen molar-refractivity contribution in [3.63, 3.8) is 0 Å². The first-order valence-electron chi connectivity index (χ1n) is 11.5. The number of ketones is 1. The van der Waals surface area contributed by atoms with Gasteiger partial charge in [-0.2, -0.15) is 5.43 Å². The quantitative estimate of drug-likeness (QED) is 0.662. The first-order chi connectivity index (χ1) is 16.5. The van der Waals surface area contributed by atoms with Gasteiger partial charge in [0.25, 0.3) is 0 Å². The third kappa shape index (κ3) is 4.00. The van der Waals surface area contributed by atoms with Gasteiger partial charge in [0.05, 0.1) is 13.0 Å². The Bertz CT molecular complexity index is 1110. The van der Waals surface area contributed by atoms with Crippen molar-refractivity contribution in [2.24, 2.45) is 5.92 Å². The molecule has 2 saturated heterocycles. The van der Waals surface area contributed by atoms with E-state index >= 15 is 0 Å². The summed E-state index contributed by atoms with van der Waals surface area (Å²) < 4.78 is 18.6. The summed E-state index contributed by atoms with van der Waals surface area (Å²) in [4.78, 5) is 43.2. The van der Waals surface area contributed by atoms with Crippen LogP contribution in [0.3, 0.4) is 0 Å². The van der Waals surface area contributed by atoms with Crippen molar-refractivity contribution in [2.75, 3.05) is 13.7 Å². The number of halogens is 1. The number of carbonyl (C=O) groups excluding carboxylic acids is 3. The lowest BCUT2D eigenvalue weighted by Crippen LogP contribution is -2.65. The molecule has 1 saturated carbocycles. The number of methoxy groups -OCH3 is 1. The van der Waals surface area contributed by atoms with E-state index in [0.29, 0.717) is 11.3 Å². The van der Waals surface area contributed by atoms with E-state index in [1.54, 1.807) is 46.2 Å². The standard InChI is InChI=1S/C25H27FN4O4/c1-34-19-6-4-5-17(13-19)22(31)15-29-25(33)30-21-8-3-2-7-20(21)23(32)28(24(30)27-29)14-16-9-11-18(26)12-10-16/h4-6,9-13,20-21,24,27H,2-3,7-8,14-15H2,1H3. The van der Waals surface area contributed by atoms with Crippen molar-refractivity contribution in [3.05, 3.63) is 65.5 Å². The molecule has 3 atom stereocenters. The average molecular weight is 467 g/mol. The molecule has 3 aliphatic rings. The summed E-state index contributed by atoms with van der Waals surface area (Å²) in [6, 6.07) is 12.3. The summed E-state index contributed by atoms with van der Waals surface area (Å²) in [5.74, 6) is -0.317. The summed E-state index contributed by atoms with van der Waals surface area (Å²) >= 11 is 0. The van der Waals surface area contributed by atoms with Crippen molar-refractivity contribution in [3.8, 4) is 5.75 Å². The molecule has 5 rings (SSSR count). The van der Waals surface area contributed by atoms with E-state index in [1.807, 2.05) is 0 Å². The number of carbonyl (C=O) groups is 3. The Morgan fingerprint density at radius 3 is 2.65 bits per heavy atom. The minimum Gasteiger partial charge on any atom is -0.497 e. The second kappa shape index (κ2) is 9.06. The Balaban J connectivity index is 1.40. The lowest BCUT2D eigenvalue weighted by Gasteiger charge is -2.48. The van der Waals surface area contributed by atoms with Crippen LogP contribution in [0, 0.1) is 11.7 Å². The second-order valence-corrected chi connectivity index (χ2v) is 8.98. The molecule has 0 radical (unpaired) electrons. The summed E-state index contributed by atoms with van der Waals surface area (Å²) in [5.41, 5.74) is 4.31. The number of amides is 3. The molecule has 9 heteroatoms. The Labute approximate surface area is 197 Å². The van der Waals surface area contributed by atoms with Crippen molar-refractivity contribution in [1.82, 2.24) is 20.2 Å². The summed E-state index contributed by atoms with van der Waals surface area (Å²) in [5, 5.41) is 1.30. The van der Waals surface area contributed by atoms with Gasteiger partial charge in [-0.05, 0) is 42.7 Å². The van der Waals surface area contributed by atoms with E-state index in [2.05, 4.69) is 5.43 Å². The number of ether oxygens (including phenoxy) is 1. The summed E-state index contributed by atoms with van der Waals surface area (Å²) in [6.07, 6.45) is 2.68. The molecule has 178 valence electrons. The van der Waals surface area contributed by atoms with Crippen molar-refractivity contribution in [1.29, 1.82) is 0 Å². The number of fused-ring (bicyclic) bond motifs is 3. The monoisotopic (exact) mass is 466 g/mol. The Morgan fingerprint density at radius 2 is 1.88 bits per heavy atom. The summed E-state index contributed by atoms with van der Waals surface area (Å²) in [7, 11) is 1.53. The lowest BCUT2D eigenvalue weighted by molar-refractivity contribution is -0.157. The molecule has 1 N–H and O–H groups in total. The molecule has 3 amide bonds. The van der Waals surface area contributed by atoms with Crippen LogP contribution >= 0.6 is 0 Å². The highest BCUT2D eigenvalue weighted by Gasteiger charge is 2.54. The van der Waals surface area contributed by atoms with Gasteiger partial charge in [-0.1, -0.05) is 37.1 Å². The number of hydrogen-bond donors (Lipinski definition) is 1. The molecule has 3 fully saturated rings. The molecular formula is C25H27FN4O4. The summed E-state index contributed by atoms with van der Waals surface area (Å²) in [6.45, 7) is 0.0659. The van der Waals surface area contributed by atoms with E-state index in [1.165, 1.54) is 24.3 Å². The zero-order valence-corrected chi connectivity index (χ0v) is 18.9. The van der Waals surface area contributed by atoms with Crippen LogP contribution < -0.4 is 10.2 Å². The van der Waals surface area contributed by atoms with Gasteiger partial charge in [0.15, 0.2) is 12.1 Å². The van der Waals surface area contributed by atoms with E-state index < -0.39 is 6.29 Å². The fourth-order valence-electron chi connectivity index (χ4n) is 5.21. The highest BCUT2D eigenvalue weighted by atomic mass is 19.1. The van der Waals surface area contributed by atoms with E-state index in [-0.39, 0.29) is 48.6 Å². The fraction of sp³-hybridized carbons (Fsp3) is 0.400. The minimum absolute atomic E-state index is 0.0171. The lowest BCUT2D eigenvalue weighted by atomic mass is 9.81. The van der Waals surface area contributed by atoms with Crippen LogP contribution in [0.1, 0.15) is 41.6 Å². The smallest absolute Gasteiger partial charge is 0.337 e. The maximum atomic E-state index is 13.5. The zero-order valence-electron chi connectivity index (χ0n) is 18.9. The third-order valence-electron chi connectivity index (χ3n) is 6.93. The van der Waals surface area contributed by atoms with Gasteiger partial charge in [-0.25, -0.2) is 14.2 Å². The van der Waals surface area contributed by atoms with Crippen LogP contribution in [0.2, 0.25) is 0 Å². The predicted molar refractivity (Wildman–Crippen MR) is 121 cm³/mol. The number of hydrazine groups is 1. The van der Waals surface area contributed by atoms with Crippen LogP contribution in [-0.2, 0) is 11.3 Å². The van der Waals surface area contributed by atoms with Gasteiger partial charge in [-0.3, -0.25) is 14.5 Å². The Morgan fingerprint density at radius 1 is 1.12 bits per heavy atom. The molecule has 34 heavy (non-hydrogen) atoms. The number of benzene rings is 2. The highest BCUT2D eigenvalue weighted by molar-refractivity contribution is 5.99. The van der Waals surface area contributed by atoms with Gasteiger partial charge in [0.2, 0.25) is 5.91 Å². The van der Waals surface area contributed by atoms with E-state index in [9.17, 15) is 18.8 Å². The van der Waals surface area contributed by atoms with Gasteiger partial charge in [0.1, 0.15) is 18.1 Å². The highest BCUT2D eigenvalue weighted by Crippen LogP contribution is 2.38. The van der Waals surface area contributed by atoms with Gasteiger partial charge in [-0.15, -0.1) is 0 Å². The fourth-order valence-corrected chi connectivity index (χ4v) is 5.21. The molecule has 2 aromatic carbocycles. The van der Waals surface area contributed by atoms with Crippen LogP contribution in [0.15, 0.2) is 48.5 Å². The molecule has 2 aliphatic heterocycles. The molecule has 3 unspecified atom stereocenters. The number of Topliss-reactive ketones (excluding diaryl/α,β-unsaturated/α-hetero) is 1. The molecule has 0 bridgehead atoms. The van der Waals surface area contributed by atoms with E-state index in [4.69, 9.17) is 4.74 Å². The molecule has 2 heterocycles. The molecule has 2 aromatic rings. The van der Waals surface area contributed by atoms with Crippen LogP contribution in [0.25, 0.3) is 0 Å². The maximum absolute atomic E-state index is 13.5. The minimum atomic E-state index is -0.692. The third-order valence-corrected chi connectivity index (χ3v) is 6.93. The van der Waals surface area contributed by atoms with Crippen molar-refractivity contribution >= 4 is 17.7 Å². The maximum Gasteiger partial charge on any atom is 0.337 e. The van der Waals surface area contributed by atoms with Crippen molar-refractivity contribution < 1.29 is 23.5 Å². The zero-order chi connectivity index (χ0) is 23.8. The van der Waals surface area contributed by atoms with Gasteiger partial charge >= 0.3 is 6.03 Å². The predicted octanol–water partition coefficient (Wildman–Crippen LogP) is 3.14. The molecular weight excluding hydrogens is 439 g/mol. The molecule has 1 aliphatic carbocycles. The number of rotatable bonds is 6. The van der Waals surface area contributed by atoms with Gasteiger partial charge in [0, 0.05) is 18.2 Å². The Hall–Kier alpha value is -3.46. The first kappa shape index (κ1) is 22.3. The van der Waals surface area contributed by atoms with Crippen molar-refractivity contribution in [2.45, 2.75) is 44.6 Å².